The molecule has 0 saturated carbocycles. The van der Waals surface area contributed by atoms with Crippen LogP contribution in [0.4, 0.5) is 11.4 Å². The largest absolute Gasteiger partial charge is 0.371 e. The van der Waals surface area contributed by atoms with Gasteiger partial charge in [-0.2, -0.15) is 0 Å². The van der Waals surface area contributed by atoms with Crippen molar-refractivity contribution in [1.82, 2.24) is 5.32 Å². The molecule has 170 valence electrons. The third-order valence-corrected chi connectivity index (χ3v) is 7.13. The van der Waals surface area contributed by atoms with Crippen LogP contribution in [0, 0.1) is 6.92 Å². The Morgan fingerprint density at radius 3 is 2.45 bits per heavy atom. The normalized spacial score (nSPS) is 15.2. The summed E-state index contributed by atoms with van der Waals surface area (Å²) in [4.78, 5) is 25.1. The van der Waals surface area contributed by atoms with Crippen molar-refractivity contribution in [1.29, 1.82) is 0 Å². The fourth-order valence-electron chi connectivity index (χ4n) is 3.71. The maximum Gasteiger partial charge on any atom is 0.251 e. The quantitative estimate of drug-likeness (QED) is 0.499. The summed E-state index contributed by atoms with van der Waals surface area (Å²) < 4.78 is 25.5. The van der Waals surface area contributed by atoms with Crippen LogP contribution in [0.1, 0.15) is 27.0 Å². The van der Waals surface area contributed by atoms with Crippen LogP contribution in [-0.2, 0) is 26.9 Å². The number of hydrogen-bond acceptors (Lipinski definition) is 5. The van der Waals surface area contributed by atoms with Gasteiger partial charge in [-0.15, -0.1) is 0 Å². The van der Waals surface area contributed by atoms with Crippen LogP contribution in [0.5, 0.6) is 0 Å². The Balaban J connectivity index is 1.42. The lowest BCUT2D eigenvalue weighted by Crippen LogP contribution is -2.43. The zero-order chi connectivity index (χ0) is 23.4. The van der Waals surface area contributed by atoms with Gasteiger partial charge in [0, 0.05) is 12.1 Å². The summed E-state index contributed by atoms with van der Waals surface area (Å²) in [5.74, 6) is -1.17. The lowest BCUT2D eigenvalue weighted by molar-refractivity contribution is -0.116. The van der Waals surface area contributed by atoms with Crippen LogP contribution in [0.25, 0.3) is 0 Å². The van der Waals surface area contributed by atoms with E-state index in [9.17, 15) is 18.0 Å². The van der Waals surface area contributed by atoms with Crippen molar-refractivity contribution < 1.29 is 18.0 Å². The van der Waals surface area contributed by atoms with Crippen LogP contribution >= 0.6 is 0 Å². The molecular formula is C25H25N3O4S. The molecule has 0 aromatic heterocycles. The Hall–Kier alpha value is -3.65. The second-order valence-electron chi connectivity index (χ2n) is 8.10. The second-order valence-corrected chi connectivity index (χ2v) is 10.2. The average molecular weight is 464 g/mol. The Labute approximate surface area is 193 Å². The molecule has 0 fully saturated rings. The van der Waals surface area contributed by atoms with E-state index in [0.717, 1.165) is 16.7 Å². The number of nitrogens with one attached hydrogen (secondary N) is 3. The number of aryl methyl sites for hydroxylation is 1. The van der Waals surface area contributed by atoms with Gasteiger partial charge in [-0.05, 0) is 41.8 Å². The zero-order valence-electron chi connectivity index (χ0n) is 18.2. The highest BCUT2D eigenvalue weighted by Crippen LogP contribution is 2.28. The van der Waals surface area contributed by atoms with E-state index >= 15 is 0 Å². The molecule has 1 atom stereocenters. The first-order valence-electron chi connectivity index (χ1n) is 10.6. The van der Waals surface area contributed by atoms with Gasteiger partial charge in [-0.3, -0.25) is 9.59 Å². The Morgan fingerprint density at radius 2 is 1.70 bits per heavy atom. The SMILES string of the molecule is Cc1ccccc1CS(=O)(=O)C[C@H]1Nc2ccc(C(=O)NCc3ccccc3)cc2NC1=O. The molecule has 0 radical (unpaired) electrons. The van der Waals surface area contributed by atoms with E-state index in [4.69, 9.17) is 0 Å². The van der Waals surface area contributed by atoms with Gasteiger partial charge < -0.3 is 16.0 Å². The molecule has 33 heavy (non-hydrogen) atoms. The minimum atomic E-state index is -3.53. The first kappa shape index (κ1) is 22.5. The summed E-state index contributed by atoms with van der Waals surface area (Å²) in [6.45, 7) is 2.25. The molecule has 0 aliphatic carbocycles. The minimum absolute atomic E-state index is 0.126. The Kier molecular flexibility index (Phi) is 6.46. The van der Waals surface area contributed by atoms with Crippen LogP contribution in [0.15, 0.2) is 72.8 Å². The molecule has 3 N–H and O–H groups in total. The maximum atomic E-state index is 12.7. The van der Waals surface area contributed by atoms with Crippen molar-refractivity contribution in [2.45, 2.75) is 25.3 Å². The maximum absolute atomic E-state index is 12.7. The van der Waals surface area contributed by atoms with Gasteiger partial charge in [-0.25, -0.2) is 8.42 Å². The number of anilines is 2. The molecule has 7 nitrogen and oxygen atoms in total. The molecule has 0 spiro atoms. The molecular weight excluding hydrogens is 438 g/mol. The van der Waals surface area contributed by atoms with Crippen LogP contribution in [0.2, 0.25) is 0 Å². The van der Waals surface area contributed by atoms with Crippen molar-refractivity contribution in [3.05, 3.63) is 95.1 Å². The molecule has 1 aliphatic rings. The summed E-state index contributed by atoms with van der Waals surface area (Å²) in [6.07, 6.45) is 0. The van der Waals surface area contributed by atoms with Crippen LogP contribution < -0.4 is 16.0 Å². The standard InChI is InChI=1S/C25H25N3O4S/c1-17-7-5-6-10-20(17)15-33(31,32)16-23-25(30)28-22-13-19(11-12-21(22)27-23)24(29)26-14-18-8-3-2-4-9-18/h2-13,23,27H,14-16H2,1H3,(H,26,29)(H,28,30)/t23-/m1/s1. The van der Waals surface area contributed by atoms with E-state index < -0.39 is 21.8 Å². The minimum Gasteiger partial charge on any atom is -0.371 e. The summed E-state index contributed by atoms with van der Waals surface area (Å²) in [7, 11) is -3.53. The fraction of sp³-hybridized carbons (Fsp3) is 0.200. The number of sulfone groups is 1. The van der Waals surface area contributed by atoms with Gasteiger partial charge >= 0.3 is 0 Å². The first-order valence-corrected chi connectivity index (χ1v) is 12.4. The summed E-state index contributed by atoms with van der Waals surface area (Å²) >= 11 is 0. The van der Waals surface area contributed by atoms with Crippen LogP contribution in [0.3, 0.4) is 0 Å². The van der Waals surface area contributed by atoms with E-state index in [-0.39, 0.29) is 17.4 Å². The van der Waals surface area contributed by atoms with Gasteiger partial charge in [0.25, 0.3) is 5.91 Å². The van der Waals surface area contributed by atoms with E-state index in [2.05, 4.69) is 16.0 Å². The molecule has 1 heterocycles. The molecule has 0 saturated heterocycles. The predicted molar refractivity (Wildman–Crippen MR) is 129 cm³/mol. The van der Waals surface area contributed by atoms with Crippen LogP contribution in [-0.4, -0.2) is 32.0 Å². The molecule has 0 unspecified atom stereocenters. The van der Waals surface area contributed by atoms with Crippen molar-refractivity contribution in [3.63, 3.8) is 0 Å². The highest BCUT2D eigenvalue weighted by Gasteiger charge is 2.30. The molecule has 2 amide bonds. The lowest BCUT2D eigenvalue weighted by Gasteiger charge is -2.27. The lowest BCUT2D eigenvalue weighted by atomic mass is 10.1. The summed E-state index contributed by atoms with van der Waals surface area (Å²) in [5, 5.41) is 8.58. The van der Waals surface area contributed by atoms with Gasteiger partial charge in [0.2, 0.25) is 5.91 Å². The van der Waals surface area contributed by atoms with Gasteiger partial charge in [0.1, 0.15) is 6.04 Å². The van der Waals surface area contributed by atoms with E-state index in [1.165, 1.54) is 0 Å². The van der Waals surface area contributed by atoms with E-state index in [0.29, 0.717) is 23.5 Å². The number of benzene rings is 3. The molecule has 8 heteroatoms. The first-order chi connectivity index (χ1) is 15.8. The second kappa shape index (κ2) is 9.46. The predicted octanol–water partition coefficient (Wildman–Crippen LogP) is 3.27. The van der Waals surface area contributed by atoms with Gasteiger partial charge in [0.05, 0.1) is 22.9 Å². The average Bonchev–Trinajstić information content (AvgIpc) is 2.79. The van der Waals surface area contributed by atoms with Gasteiger partial charge in [0.15, 0.2) is 9.84 Å². The monoisotopic (exact) mass is 463 g/mol. The molecule has 3 aromatic rings. The Morgan fingerprint density at radius 1 is 0.970 bits per heavy atom. The molecule has 1 aliphatic heterocycles. The molecule has 0 bridgehead atoms. The number of amides is 2. The fourth-order valence-corrected chi connectivity index (χ4v) is 5.37. The van der Waals surface area contributed by atoms with Crippen molar-refractivity contribution >= 4 is 33.0 Å². The molecule has 3 aromatic carbocycles. The van der Waals surface area contributed by atoms with Crippen molar-refractivity contribution in [3.8, 4) is 0 Å². The smallest absolute Gasteiger partial charge is 0.251 e. The number of carbonyl (C=O) groups excluding carboxylic acids is 2. The van der Waals surface area contributed by atoms with E-state index in [1.54, 1.807) is 30.3 Å². The Bertz CT molecular complexity index is 1290. The highest BCUT2D eigenvalue weighted by molar-refractivity contribution is 7.90. The van der Waals surface area contributed by atoms with E-state index in [1.807, 2.05) is 49.4 Å². The number of rotatable bonds is 7. The number of fused-ring (bicyclic) bond motifs is 1. The highest BCUT2D eigenvalue weighted by atomic mass is 32.2. The summed E-state index contributed by atoms with van der Waals surface area (Å²) in [6, 6.07) is 20.8. The third-order valence-electron chi connectivity index (χ3n) is 5.54. The van der Waals surface area contributed by atoms with Crippen molar-refractivity contribution in [2.24, 2.45) is 0 Å². The zero-order valence-corrected chi connectivity index (χ0v) is 19.0. The topological polar surface area (TPSA) is 104 Å². The number of carbonyl (C=O) groups is 2. The summed E-state index contributed by atoms with van der Waals surface area (Å²) in [5.41, 5.74) is 4.02. The molecule has 4 rings (SSSR count). The van der Waals surface area contributed by atoms with Gasteiger partial charge in [-0.1, -0.05) is 54.6 Å². The number of hydrogen-bond donors (Lipinski definition) is 3. The van der Waals surface area contributed by atoms with Crippen molar-refractivity contribution in [2.75, 3.05) is 16.4 Å². The third kappa shape index (κ3) is 5.59.